The SMILES string of the molecule is c1cc(-c2nnc(SCCN3CCCC3)o2)ccn1. The van der Waals surface area contributed by atoms with Gasteiger partial charge in [-0.3, -0.25) is 4.98 Å². The molecule has 2 aromatic heterocycles. The van der Waals surface area contributed by atoms with Crippen LogP contribution in [0.4, 0.5) is 0 Å². The minimum absolute atomic E-state index is 0.561. The molecule has 0 saturated carbocycles. The Labute approximate surface area is 116 Å². The zero-order valence-electron chi connectivity index (χ0n) is 10.7. The average Bonchev–Trinajstić information content (AvgIpc) is 3.11. The third kappa shape index (κ3) is 3.33. The monoisotopic (exact) mass is 276 g/mol. The summed E-state index contributed by atoms with van der Waals surface area (Å²) >= 11 is 1.63. The Hall–Kier alpha value is -1.40. The number of aromatic nitrogens is 3. The van der Waals surface area contributed by atoms with Gasteiger partial charge in [0.1, 0.15) is 0 Å². The Morgan fingerprint density at radius 3 is 2.74 bits per heavy atom. The zero-order chi connectivity index (χ0) is 12.9. The number of pyridine rings is 1. The fourth-order valence-corrected chi connectivity index (χ4v) is 2.91. The van der Waals surface area contributed by atoms with Crippen LogP contribution in [0.25, 0.3) is 11.5 Å². The van der Waals surface area contributed by atoms with Crippen LogP contribution < -0.4 is 0 Å². The maximum atomic E-state index is 5.63. The molecule has 0 aliphatic carbocycles. The molecule has 6 heteroatoms. The second kappa shape index (κ2) is 6.16. The number of hydrogen-bond donors (Lipinski definition) is 0. The fourth-order valence-electron chi connectivity index (χ4n) is 2.15. The standard InChI is InChI=1S/C13H16N4OS/c1-2-8-17(7-1)9-10-19-13-16-15-12(18-13)11-3-5-14-6-4-11/h3-6H,1-2,7-10H2. The third-order valence-corrected chi connectivity index (χ3v) is 3.96. The van der Waals surface area contributed by atoms with Crippen molar-refractivity contribution in [3.63, 3.8) is 0 Å². The van der Waals surface area contributed by atoms with Crippen molar-refractivity contribution >= 4 is 11.8 Å². The zero-order valence-corrected chi connectivity index (χ0v) is 11.5. The Kier molecular flexibility index (Phi) is 4.10. The predicted octanol–water partition coefficient (Wildman–Crippen LogP) is 2.32. The summed E-state index contributed by atoms with van der Waals surface area (Å²) in [6.07, 6.45) is 6.11. The number of nitrogens with zero attached hydrogens (tertiary/aromatic N) is 4. The molecule has 100 valence electrons. The van der Waals surface area contributed by atoms with Crippen molar-refractivity contribution in [2.75, 3.05) is 25.4 Å². The summed E-state index contributed by atoms with van der Waals surface area (Å²) in [6.45, 7) is 3.55. The summed E-state index contributed by atoms with van der Waals surface area (Å²) in [6, 6.07) is 3.73. The molecule has 1 aliphatic rings. The van der Waals surface area contributed by atoms with Crippen LogP contribution in [0.15, 0.2) is 34.2 Å². The summed E-state index contributed by atoms with van der Waals surface area (Å²) in [4.78, 5) is 6.45. The molecule has 1 saturated heterocycles. The van der Waals surface area contributed by atoms with E-state index in [2.05, 4.69) is 20.1 Å². The molecule has 1 aliphatic heterocycles. The van der Waals surface area contributed by atoms with E-state index < -0.39 is 0 Å². The van der Waals surface area contributed by atoms with Gasteiger partial charge in [0.05, 0.1) is 0 Å². The lowest BCUT2D eigenvalue weighted by Gasteiger charge is -2.12. The molecule has 0 spiro atoms. The van der Waals surface area contributed by atoms with Gasteiger partial charge in [0.25, 0.3) is 5.22 Å². The highest BCUT2D eigenvalue weighted by atomic mass is 32.2. The van der Waals surface area contributed by atoms with Crippen molar-refractivity contribution in [1.82, 2.24) is 20.1 Å². The van der Waals surface area contributed by atoms with Gasteiger partial charge in [0.2, 0.25) is 5.89 Å². The van der Waals surface area contributed by atoms with Crippen molar-refractivity contribution in [2.24, 2.45) is 0 Å². The van der Waals surface area contributed by atoms with Gasteiger partial charge in [-0.1, -0.05) is 11.8 Å². The molecule has 0 N–H and O–H groups in total. The fraction of sp³-hybridized carbons (Fsp3) is 0.462. The Bertz CT molecular complexity index is 510. The molecule has 0 radical (unpaired) electrons. The lowest BCUT2D eigenvalue weighted by molar-refractivity contribution is 0.361. The van der Waals surface area contributed by atoms with Crippen LogP contribution >= 0.6 is 11.8 Å². The van der Waals surface area contributed by atoms with Crippen LogP contribution in [0.1, 0.15) is 12.8 Å². The topological polar surface area (TPSA) is 55.1 Å². The summed E-state index contributed by atoms with van der Waals surface area (Å²) in [7, 11) is 0. The largest absolute Gasteiger partial charge is 0.411 e. The quantitative estimate of drug-likeness (QED) is 0.781. The Balaban J connectivity index is 1.53. The van der Waals surface area contributed by atoms with E-state index in [1.807, 2.05) is 12.1 Å². The Morgan fingerprint density at radius 1 is 1.16 bits per heavy atom. The van der Waals surface area contributed by atoms with Gasteiger partial charge in [-0.05, 0) is 38.1 Å². The highest BCUT2D eigenvalue weighted by molar-refractivity contribution is 7.99. The van der Waals surface area contributed by atoms with E-state index in [1.165, 1.54) is 25.9 Å². The maximum absolute atomic E-state index is 5.63. The lowest BCUT2D eigenvalue weighted by Crippen LogP contribution is -2.21. The van der Waals surface area contributed by atoms with Gasteiger partial charge >= 0.3 is 0 Å². The molecular formula is C13H16N4OS. The first-order valence-corrected chi connectivity index (χ1v) is 7.49. The predicted molar refractivity (Wildman–Crippen MR) is 73.9 cm³/mol. The number of hydrogen-bond acceptors (Lipinski definition) is 6. The van der Waals surface area contributed by atoms with E-state index in [1.54, 1.807) is 24.2 Å². The van der Waals surface area contributed by atoms with Crippen LogP contribution in [-0.4, -0.2) is 45.5 Å². The van der Waals surface area contributed by atoms with Crippen molar-refractivity contribution in [3.05, 3.63) is 24.5 Å². The van der Waals surface area contributed by atoms with E-state index >= 15 is 0 Å². The van der Waals surface area contributed by atoms with Gasteiger partial charge in [0.15, 0.2) is 0 Å². The first-order valence-electron chi connectivity index (χ1n) is 6.51. The van der Waals surface area contributed by atoms with E-state index in [4.69, 9.17) is 4.42 Å². The summed E-state index contributed by atoms with van der Waals surface area (Å²) in [5, 5.41) is 8.77. The number of thioether (sulfide) groups is 1. The van der Waals surface area contributed by atoms with Crippen molar-refractivity contribution in [2.45, 2.75) is 18.1 Å². The van der Waals surface area contributed by atoms with Gasteiger partial charge in [0, 0.05) is 30.3 Å². The lowest BCUT2D eigenvalue weighted by atomic mass is 10.3. The van der Waals surface area contributed by atoms with Gasteiger partial charge < -0.3 is 9.32 Å². The first kappa shape index (κ1) is 12.6. The second-order valence-electron chi connectivity index (χ2n) is 4.51. The third-order valence-electron chi connectivity index (χ3n) is 3.17. The van der Waals surface area contributed by atoms with Crippen LogP contribution in [0.3, 0.4) is 0 Å². The van der Waals surface area contributed by atoms with E-state index in [0.29, 0.717) is 11.1 Å². The van der Waals surface area contributed by atoms with Crippen molar-refractivity contribution in [1.29, 1.82) is 0 Å². The molecule has 0 unspecified atom stereocenters. The molecule has 1 fully saturated rings. The van der Waals surface area contributed by atoms with Gasteiger partial charge in [-0.15, -0.1) is 10.2 Å². The molecule has 0 aromatic carbocycles. The summed E-state index contributed by atoms with van der Waals surface area (Å²) < 4.78 is 5.63. The van der Waals surface area contributed by atoms with Gasteiger partial charge in [-0.25, -0.2) is 0 Å². The first-order chi connectivity index (χ1) is 9.42. The van der Waals surface area contributed by atoms with Crippen molar-refractivity contribution in [3.8, 4) is 11.5 Å². The molecule has 2 aromatic rings. The van der Waals surface area contributed by atoms with E-state index in [-0.39, 0.29) is 0 Å². The average molecular weight is 276 g/mol. The van der Waals surface area contributed by atoms with E-state index in [0.717, 1.165) is 17.9 Å². The molecule has 5 nitrogen and oxygen atoms in total. The second-order valence-corrected chi connectivity index (χ2v) is 5.55. The molecular weight excluding hydrogens is 260 g/mol. The number of rotatable bonds is 5. The molecule has 0 atom stereocenters. The maximum Gasteiger partial charge on any atom is 0.276 e. The van der Waals surface area contributed by atoms with Gasteiger partial charge in [-0.2, -0.15) is 0 Å². The molecule has 0 bridgehead atoms. The Morgan fingerprint density at radius 2 is 1.95 bits per heavy atom. The van der Waals surface area contributed by atoms with Crippen LogP contribution in [-0.2, 0) is 0 Å². The van der Waals surface area contributed by atoms with Crippen LogP contribution in [0.2, 0.25) is 0 Å². The highest BCUT2D eigenvalue weighted by Gasteiger charge is 2.12. The summed E-state index contributed by atoms with van der Waals surface area (Å²) in [5.74, 6) is 1.56. The molecule has 0 amide bonds. The molecule has 19 heavy (non-hydrogen) atoms. The number of likely N-dealkylation sites (tertiary alicyclic amines) is 1. The normalized spacial score (nSPS) is 16.0. The highest BCUT2D eigenvalue weighted by Crippen LogP contribution is 2.22. The minimum atomic E-state index is 0.561. The van der Waals surface area contributed by atoms with Crippen molar-refractivity contribution < 1.29 is 4.42 Å². The molecule has 3 heterocycles. The minimum Gasteiger partial charge on any atom is -0.411 e. The van der Waals surface area contributed by atoms with Crippen LogP contribution in [0.5, 0.6) is 0 Å². The smallest absolute Gasteiger partial charge is 0.276 e. The van der Waals surface area contributed by atoms with E-state index in [9.17, 15) is 0 Å². The molecule has 3 rings (SSSR count). The summed E-state index contributed by atoms with van der Waals surface area (Å²) in [5.41, 5.74) is 0.911. The van der Waals surface area contributed by atoms with Crippen LogP contribution in [0, 0.1) is 0 Å².